The van der Waals surface area contributed by atoms with Crippen molar-refractivity contribution < 1.29 is 19.7 Å². The van der Waals surface area contributed by atoms with Gasteiger partial charge in [-0.2, -0.15) is 0 Å². The number of phenols is 1. The van der Waals surface area contributed by atoms with Gasteiger partial charge in [-0.3, -0.25) is 4.79 Å². The van der Waals surface area contributed by atoms with Gasteiger partial charge in [-0.1, -0.05) is 12.5 Å². The van der Waals surface area contributed by atoms with E-state index in [-0.39, 0.29) is 5.75 Å². The molecule has 1 aromatic rings. The van der Waals surface area contributed by atoms with Gasteiger partial charge < -0.3 is 14.9 Å². The van der Waals surface area contributed by atoms with Gasteiger partial charge in [-0.25, -0.2) is 0 Å². The van der Waals surface area contributed by atoms with Crippen molar-refractivity contribution in [3.05, 3.63) is 22.8 Å². The summed E-state index contributed by atoms with van der Waals surface area (Å²) in [6, 6.07) is 1.78. The second-order valence-electron chi connectivity index (χ2n) is 4.99. The maximum Gasteiger partial charge on any atom is 0.314 e. The van der Waals surface area contributed by atoms with Crippen molar-refractivity contribution in [1.29, 1.82) is 0 Å². The predicted molar refractivity (Wildman–Crippen MR) is 67.3 cm³/mol. The first-order valence-electron chi connectivity index (χ1n) is 6.05. The number of benzene rings is 1. The number of phenolic OH excluding ortho intramolecular Hbond substituents is 1. The van der Waals surface area contributed by atoms with Crippen molar-refractivity contribution in [2.75, 3.05) is 7.11 Å². The Morgan fingerprint density at radius 1 is 1.39 bits per heavy atom. The molecule has 1 aliphatic rings. The molecule has 4 nitrogen and oxygen atoms in total. The highest BCUT2D eigenvalue weighted by Gasteiger charge is 2.47. The largest absolute Gasteiger partial charge is 0.504 e. The van der Waals surface area contributed by atoms with Crippen LogP contribution < -0.4 is 4.74 Å². The Hall–Kier alpha value is -1.71. The van der Waals surface area contributed by atoms with Gasteiger partial charge in [0.05, 0.1) is 12.5 Å². The molecular weight excluding hydrogens is 232 g/mol. The van der Waals surface area contributed by atoms with Crippen LogP contribution in [-0.2, 0) is 10.2 Å². The van der Waals surface area contributed by atoms with Gasteiger partial charge in [-0.15, -0.1) is 0 Å². The third-order valence-corrected chi connectivity index (χ3v) is 4.03. The Bertz CT molecular complexity index is 501. The van der Waals surface area contributed by atoms with E-state index in [4.69, 9.17) is 4.74 Å². The van der Waals surface area contributed by atoms with Gasteiger partial charge >= 0.3 is 5.97 Å². The minimum atomic E-state index is -0.796. The van der Waals surface area contributed by atoms with E-state index in [1.165, 1.54) is 7.11 Å². The zero-order valence-electron chi connectivity index (χ0n) is 10.9. The van der Waals surface area contributed by atoms with Gasteiger partial charge in [0.15, 0.2) is 11.5 Å². The lowest BCUT2D eigenvalue weighted by Gasteiger charge is -2.39. The standard InChI is InChI=1S/C14H18O4/c1-8-7-10(9(2)12(18-3)11(8)15)14(13(16)17)5-4-6-14/h7,15H,4-6H2,1-3H3,(H,16,17). The number of methoxy groups -OCH3 is 1. The summed E-state index contributed by atoms with van der Waals surface area (Å²) in [5, 5.41) is 19.4. The molecule has 2 rings (SSSR count). The van der Waals surface area contributed by atoms with Crippen LogP contribution in [0.15, 0.2) is 6.07 Å². The number of aromatic hydroxyl groups is 1. The van der Waals surface area contributed by atoms with E-state index in [1.807, 2.05) is 0 Å². The van der Waals surface area contributed by atoms with Gasteiger partial charge in [0.1, 0.15) is 0 Å². The second kappa shape index (κ2) is 4.19. The fourth-order valence-electron chi connectivity index (χ4n) is 2.75. The molecule has 18 heavy (non-hydrogen) atoms. The molecule has 0 unspecified atom stereocenters. The van der Waals surface area contributed by atoms with Crippen LogP contribution >= 0.6 is 0 Å². The van der Waals surface area contributed by atoms with Crippen LogP contribution in [0.1, 0.15) is 36.0 Å². The van der Waals surface area contributed by atoms with Crippen LogP contribution in [-0.4, -0.2) is 23.3 Å². The zero-order chi connectivity index (χ0) is 13.5. The molecule has 0 aromatic heterocycles. The van der Waals surface area contributed by atoms with Crippen molar-refractivity contribution in [2.45, 2.75) is 38.5 Å². The van der Waals surface area contributed by atoms with E-state index in [0.29, 0.717) is 24.2 Å². The molecule has 1 fully saturated rings. The Morgan fingerprint density at radius 3 is 2.39 bits per heavy atom. The van der Waals surface area contributed by atoms with Crippen molar-refractivity contribution in [3.8, 4) is 11.5 Å². The van der Waals surface area contributed by atoms with Crippen molar-refractivity contribution in [2.24, 2.45) is 0 Å². The number of hydrogen-bond acceptors (Lipinski definition) is 3. The minimum absolute atomic E-state index is 0.0959. The SMILES string of the molecule is COc1c(C)c(C2(C(=O)O)CCC2)cc(C)c1O. The molecule has 2 N–H and O–H groups in total. The maximum atomic E-state index is 11.5. The number of rotatable bonds is 3. The quantitative estimate of drug-likeness (QED) is 0.865. The molecule has 0 atom stereocenters. The first-order chi connectivity index (χ1) is 8.44. The van der Waals surface area contributed by atoms with Gasteiger partial charge in [0.2, 0.25) is 0 Å². The number of carboxylic acids is 1. The van der Waals surface area contributed by atoms with Crippen molar-refractivity contribution in [3.63, 3.8) is 0 Å². The highest BCUT2D eigenvalue weighted by molar-refractivity contribution is 5.84. The van der Waals surface area contributed by atoms with Crippen LogP contribution in [0, 0.1) is 13.8 Å². The number of carboxylic acid groups (broad SMARTS) is 1. The number of carbonyl (C=O) groups is 1. The van der Waals surface area contributed by atoms with E-state index in [9.17, 15) is 15.0 Å². The van der Waals surface area contributed by atoms with E-state index in [0.717, 1.165) is 17.5 Å². The summed E-state index contributed by atoms with van der Waals surface area (Å²) < 4.78 is 5.20. The third-order valence-electron chi connectivity index (χ3n) is 4.03. The second-order valence-corrected chi connectivity index (χ2v) is 4.99. The molecule has 0 aliphatic heterocycles. The summed E-state index contributed by atoms with van der Waals surface area (Å²) in [5.74, 6) is -0.305. The van der Waals surface area contributed by atoms with Crippen LogP contribution in [0.4, 0.5) is 0 Å². The van der Waals surface area contributed by atoms with Crippen LogP contribution in [0.25, 0.3) is 0 Å². The van der Waals surface area contributed by atoms with Crippen LogP contribution in [0.5, 0.6) is 11.5 Å². The third kappa shape index (κ3) is 1.55. The lowest BCUT2D eigenvalue weighted by Crippen LogP contribution is -2.43. The summed E-state index contributed by atoms with van der Waals surface area (Å²) in [7, 11) is 1.49. The minimum Gasteiger partial charge on any atom is -0.504 e. The summed E-state index contributed by atoms with van der Waals surface area (Å²) >= 11 is 0. The van der Waals surface area contributed by atoms with Crippen LogP contribution in [0.3, 0.4) is 0 Å². The molecular formula is C14H18O4. The van der Waals surface area contributed by atoms with E-state index < -0.39 is 11.4 Å². The Labute approximate surface area is 106 Å². The highest BCUT2D eigenvalue weighted by atomic mass is 16.5. The first-order valence-corrected chi connectivity index (χ1v) is 6.05. The summed E-state index contributed by atoms with van der Waals surface area (Å²) in [4.78, 5) is 11.5. The summed E-state index contributed by atoms with van der Waals surface area (Å²) in [6.45, 7) is 3.56. The number of aryl methyl sites for hydroxylation is 1. The van der Waals surface area contributed by atoms with E-state index in [1.54, 1.807) is 19.9 Å². The number of aliphatic carboxylic acids is 1. The molecule has 0 amide bonds. The molecule has 0 saturated heterocycles. The lowest BCUT2D eigenvalue weighted by molar-refractivity contribution is -0.147. The Morgan fingerprint density at radius 2 is 2.00 bits per heavy atom. The number of hydrogen-bond donors (Lipinski definition) is 2. The Balaban J connectivity index is 2.65. The number of ether oxygens (including phenoxy) is 1. The smallest absolute Gasteiger partial charge is 0.314 e. The molecule has 1 aromatic carbocycles. The zero-order valence-corrected chi connectivity index (χ0v) is 10.9. The predicted octanol–water partition coefficient (Wildman–Crippen LogP) is 2.52. The molecule has 98 valence electrons. The van der Waals surface area contributed by atoms with E-state index in [2.05, 4.69) is 0 Å². The molecule has 1 saturated carbocycles. The van der Waals surface area contributed by atoms with Gasteiger partial charge in [0.25, 0.3) is 0 Å². The van der Waals surface area contributed by atoms with Crippen LogP contribution in [0.2, 0.25) is 0 Å². The van der Waals surface area contributed by atoms with Crippen molar-refractivity contribution >= 4 is 5.97 Å². The summed E-state index contributed by atoms with van der Waals surface area (Å²) in [5.41, 5.74) is 1.35. The molecule has 0 radical (unpaired) electrons. The molecule has 1 aliphatic carbocycles. The summed E-state index contributed by atoms with van der Waals surface area (Å²) in [6.07, 6.45) is 2.22. The Kier molecular flexibility index (Phi) is 2.97. The monoisotopic (exact) mass is 250 g/mol. The lowest BCUT2D eigenvalue weighted by atomic mass is 9.63. The average Bonchev–Trinajstić information content (AvgIpc) is 2.24. The fourth-order valence-corrected chi connectivity index (χ4v) is 2.75. The first kappa shape index (κ1) is 12.7. The van der Waals surface area contributed by atoms with E-state index >= 15 is 0 Å². The molecule has 0 spiro atoms. The fraction of sp³-hybridized carbons (Fsp3) is 0.500. The van der Waals surface area contributed by atoms with Gasteiger partial charge in [0, 0.05) is 0 Å². The average molecular weight is 250 g/mol. The highest BCUT2D eigenvalue weighted by Crippen LogP contribution is 2.49. The maximum absolute atomic E-state index is 11.5. The molecule has 0 bridgehead atoms. The normalized spacial score (nSPS) is 17.1. The van der Waals surface area contributed by atoms with Crippen molar-refractivity contribution in [1.82, 2.24) is 0 Å². The topological polar surface area (TPSA) is 66.8 Å². The van der Waals surface area contributed by atoms with Gasteiger partial charge in [-0.05, 0) is 43.4 Å². The molecule has 0 heterocycles. The molecule has 4 heteroatoms.